The topological polar surface area (TPSA) is 81.9 Å². The number of rotatable bonds is 9. The summed E-state index contributed by atoms with van der Waals surface area (Å²) in [7, 11) is 2.78. The predicted octanol–water partition coefficient (Wildman–Crippen LogP) is 5.23. The molecule has 2 atom stereocenters. The Kier molecular flexibility index (Phi) is 7.95. The Morgan fingerprint density at radius 3 is 2.09 bits per heavy atom. The Balaban J connectivity index is 2.22. The Morgan fingerprint density at radius 2 is 1.54 bits per heavy atom. The molecule has 0 bridgehead atoms. The van der Waals surface area contributed by atoms with E-state index in [4.69, 9.17) is 9.47 Å². The van der Waals surface area contributed by atoms with Gasteiger partial charge in [-0.05, 0) is 35.9 Å². The molecule has 10 heteroatoms. The van der Waals surface area contributed by atoms with E-state index in [0.717, 1.165) is 0 Å². The van der Waals surface area contributed by atoms with Gasteiger partial charge in [0.1, 0.15) is 17.5 Å². The molecule has 3 aromatic rings. The van der Waals surface area contributed by atoms with Crippen molar-refractivity contribution in [1.82, 2.24) is 0 Å². The third-order valence-corrected chi connectivity index (χ3v) is 5.49. The Labute approximate surface area is 199 Å². The summed E-state index contributed by atoms with van der Waals surface area (Å²) in [4.78, 5) is 24.9. The lowest BCUT2D eigenvalue weighted by atomic mass is 9.91. The van der Waals surface area contributed by atoms with Crippen LogP contribution in [0.2, 0.25) is 0 Å². The van der Waals surface area contributed by atoms with E-state index in [0.29, 0.717) is 22.0 Å². The Bertz CT molecular complexity index is 1150. The van der Waals surface area contributed by atoms with Crippen molar-refractivity contribution in [3.8, 4) is 11.5 Å². The number of para-hydroxylation sites is 1. The number of nitro groups is 1. The van der Waals surface area contributed by atoms with Gasteiger partial charge in [0.25, 0.3) is 0 Å². The first-order valence-corrected chi connectivity index (χ1v) is 10.5. The minimum atomic E-state index is -5.28. The molecule has 0 unspecified atom stereocenters. The van der Waals surface area contributed by atoms with E-state index in [2.05, 4.69) is 0 Å². The molecule has 0 aliphatic carbocycles. The zero-order valence-electron chi connectivity index (χ0n) is 18.9. The molecule has 0 aliphatic heterocycles. The van der Waals surface area contributed by atoms with Crippen LogP contribution in [0, 0.1) is 10.1 Å². The number of benzene rings is 3. The SMILES string of the molecule is COc1ccc(N(C(=O)C(F)(F)F)[C@@H](c2ccccc2)[C@@H](Cc2ccccc2OC)[N+](=O)[O-])cc1. The molecule has 0 spiro atoms. The molecule has 0 saturated carbocycles. The lowest BCUT2D eigenvalue weighted by Crippen LogP contribution is -2.49. The predicted molar refractivity (Wildman–Crippen MR) is 123 cm³/mol. The molecule has 0 saturated heterocycles. The first kappa shape index (κ1) is 25.5. The van der Waals surface area contributed by atoms with Crippen molar-refractivity contribution in [1.29, 1.82) is 0 Å². The molecule has 0 aliphatic rings. The number of alkyl halides is 3. The smallest absolute Gasteiger partial charge is 0.471 e. The van der Waals surface area contributed by atoms with Crippen LogP contribution in [-0.2, 0) is 11.2 Å². The second kappa shape index (κ2) is 10.9. The van der Waals surface area contributed by atoms with Crippen molar-refractivity contribution in [2.24, 2.45) is 0 Å². The molecule has 184 valence electrons. The minimum absolute atomic E-state index is 0.158. The highest BCUT2D eigenvalue weighted by Gasteiger charge is 2.50. The zero-order valence-corrected chi connectivity index (χ0v) is 18.9. The van der Waals surface area contributed by atoms with E-state index in [1.54, 1.807) is 42.5 Å². The van der Waals surface area contributed by atoms with Gasteiger partial charge in [0.15, 0.2) is 0 Å². The van der Waals surface area contributed by atoms with Crippen LogP contribution in [0.25, 0.3) is 0 Å². The van der Waals surface area contributed by atoms with Crippen LogP contribution in [0.5, 0.6) is 11.5 Å². The first-order valence-electron chi connectivity index (χ1n) is 10.5. The molecule has 0 fully saturated rings. The van der Waals surface area contributed by atoms with Gasteiger partial charge in [-0.1, -0.05) is 48.5 Å². The van der Waals surface area contributed by atoms with Crippen LogP contribution in [-0.4, -0.2) is 37.3 Å². The average Bonchev–Trinajstić information content (AvgIpc) is 2.86. The van der Waals surface area contributed by atoms with Gasteiger partial charge in [0.2, 0.25) is 6.04 Å². The molecule has 0 radical (unpaired) electrons. The second-order valence-corrected chi connectivity index (χ2v) is 7.60. The number of amides is 1. The van der Waals surface area contributed by atoms with Crippen LogP contribution >= 0.6 is 0 Å². The van der Waals surface area contributed by atoms with Gasteiger partial charge in [-0.3, -0.25) is 19.8 Å². The number of nitrogens with zero attached hydrogens (tertiary/aromatic N) is 2. The molecular formula is C25H23F3N2O5. The van der Waals surface area contributed by atoms with E-state index in [1.165, 1.54) is 50.6 Å². The molecule has 3 aromatic carbocycles. The summed E-state index contributed by atoms with van der Waals surface area (Å²) in [6, 6.07) is 16.2. The van der Waals surface area contributed by atoms with E-state index in [9.17, 15) is 28.1 Å². The largest absolute Gasteiger partial charge is 0.497 e. The maximum absolute atomic E-state index is 13.8. The van der Waals surface area contributed by atoms with Gasteiger partial charge in [-0.25, -0.2) is 0 Å². The summed E-state index contributed by atoms with van der Waals surface area (Å²) in [6.45, 7) is 0. The summed E-state index contributed by atoms with van der Waals surface area (Å²) in [5.41, 5.74) is 0.443. The second-order valence-electron chi connectivity index (χ2n) is 7.60. The van der Waals surface area contributed by atoms with Crippen molar-refractivity contribution >= 4 is 11.6 Å². The summed E-state index contributed by atoms with van der Waals surface area (Å²) >= 11 is 0. The van der Waals surface area contributed by atoms with Gasteiger partial charge >= 0.3 is 12.1 Å². The van der Waals surface area contributed by atoms with E-state index in [1.807, 2.05) is 0 Å². The standard InChI is InChI=1S/C25H23F3N2O5/c1-34-20-14-12-19(13-15-20)29(24(31)25(26,27)28)23(17-8-4-3-5-9-17)21(30(32)33)16-18-10-6-7-11-22(18)35-2/h3-15,21,23H,16H2,1-2H3/t21-,23+/m1/s1. The monoisotopic (exact) mass is 488 g/mol. The molecule has 0 heterocycles. The fraction of sp³-hybridized carbons (Fsp3) is 0.240. The molecule has 0 aromatic heterocycles. The Hall–Kier alpha value is -4.08. The quantitative estimate of drug-likeness (QED) is 0.304. The molecule has 3 rings (SSSR count). The Morgan fingerprint density at radius 1 is 0.943 bits per heavy atom. The fourth-order valence-corrected chi connectivity index (χ4v) is 3.88. The highest BCUT2D eigenvalue weighted by atomic mass is 19.4. The number of carbonyl (C=O) groups excluding carboxylic acids is 1. The maximum atomic E-state index is 13.8. The minimum Gasteiger partial charge on any atom is -0.497 e. The maximum Gasteiger partial charge on any atom is 0.471 e. The highest BCUT2D eigenvalue weighted by molar-refractivity contribution is 5.98. The lowest BCUT2D eigenvalue weighted by molar-refractivity contribution is -0.526. The van der Waals surface area contributed by atoms with Crippen molar-refractivity contribution < 1.29 is 32.4 Å². The number of halogens is 3. The van der Waals surface area contributed by atoms with Crippen LogP contribution < -0.4 is 14.4 Å². The molecule has 1 amide bonds. The number of carbonyl (C=O) groups is 1. The first-order chi connectivity index (χ1) is 16.7. The number of ether oxygens (including phenoxy) is 2. The van der Waals surface area contributed by atoms with E-state index >= 15 is 0 Å². The lowest BCUT2D eigenvalue weighted by Gasteiger charge is -2.34. The van der Waals surface area contributed by atoms with Gasteiger partial charge in [0, 0.05) is 22.6 Å². The number of methoxy groups -OCH3 is 2. The van der Waals surface area contributed by atoms with Crippen molar-refractivity contribution in [3.63, 3.8) is 0 Å². The number of anilines is 1. The summed E-state index contributed by atoms with van der Waals surface area (Å²) < 4.78 is 51.8. The summed E-state index contributed by atoms with van der Waals surface area (Å²) in [6.07, 6.45) is -5.56. The fourth-order valence-electron chi connectivity index (χ4n) is 3.88. The normalized spacial score (nSPS) is 12.9. The summed E-state index contributed by atoms with van der Waals surface area (Å²) in [5, 5.41) is 12.4. The number of hydrogen-bond donors (Lipinski definition) is 0. The van der Waals surface area contributed by atoms with Crippen LogP contribution in [0.1, 0.15) is 17.2 Å². The molecule has 7 nitrogen and oxygen atoms in total. The molecule has 35 heavy (non-hydrogen) atoms. The van der Waals surface area contributed by atoms with Crippen molar-refractivity contribution in [2.45, 2.75) is 24.7 Å². The molecular weight excluding hydrogens is 465 g/mol. The number of hydrogen-bond acceptors (Lipinski definition) is 5. The third-order valence-electron chi connectivity index (χ3n) is 5.49. The van der Waals surface area contributed by atoms with Crippen molar-refractivity contribution in [3.05, 3.63) is 100 Å². The van der Waals surface area contributed by atoms with E-state index < -0.39 is 29.1 Å². The van der Waals surface area contributed by atoms with Gasteiger partial charge < -0.3 is 9.47 Å². The summed E-state index contributed by atoms with van der Waals surface area (Å²) in [5.74, 6) is -1.52. The third kappa shape index (κ3) is 5.89. The highest BCUT2D eigenvalue weighted by Crippen LogP contribution is 2.37. The van der Waals surface area contributed by atoms with Crippen LogP contribution in [0.4, 0.5) is 18.9 Å². The zero-order chi connectivity index (χ0) is 25.6. The average molecular weight is 488 g/mol. The van der Waals surface area contributed by atoms with Crippen LogP contribution in [0.15, 0.2) is 78.9 Å². The van der Waals surface area contributed by atoms with Crippen molar-refractivity contribution in [2.75, 3.05) is 19.1 Å². The van der Waals surface area contributed by atoms with Gasteiger partial charge in [0.05, 0.1) is 14.2 Å². The van der Waals surface area contributed by atoms with E-state index in [-0.39, 0.29) is 17.7 Å². The van der Waals surface area contributed by atoms with Gasteiger partial charge in [-0.15, -0.1) is 0 Å². The van der Waals surface area contributed by atoms with Gasteiger partial charge in [-0.2, -0.15) is 13.2 Å². The molecule has 0 N–H and O–H groups in total. The van der Waals surface area contributed by atoms with Crippen LogP contribution in [0.3, 0.4) is 0 Å².